The van der Waals surface area contributed by atoms with Crippen LogP contribution in [0.3, 0.4) is 0 Å². The number of ether oxygens (including phenoxy) is 2. The zero-order valence-corrected chi connectivity index (χ0v) is 19.6. The second-order valence-electron chi connectivity index (χ2n) is 7.94. The molecule has 2 amide bonds. The van der Waals surface area contributed by atoms with Gasteiger partial charge in [-0.3, -0.25) is 4.79 Å². The van der Waals surface area contributed by atoms with E-state index in [9.17, 15) is 9.59 Å². The Kier molecular flexibility index (Phi) is 6.97. The number of carbonyl (C=O) groups is 2. The number of aromatic nitrogens is 2. The predicted molar refractivity (Wildman–Crippen MR) is 128 cm³/mol. The van der Waals surface area contributed by atoms with Gasteiger partial charge in [-0.15, -0.1) is 0 Å². The second-order valence-corrected chi connectivity index (χ2v) is 8.35. The summed E-state index contributed by atoms with van der Waals surface area (Å²) in [5.41, 5.74) is 3.27. The number of carboxylic acid groups (broad SMARTS) is 1. The fourth-order valence-electron chi connectivity index (χ4n) is 4.05. The molecule has 1 atom stereocenters. The lowest BCUT2D eigenvalue weighted by Gasteiger charge is -2.19. The van der Waals surface area contributed by atoms with Gasteiger partial charge in [0.25, 0.3) is 0 Å². The number of pyridine rings is 1. The summed E-state index contributed by atoms with van der Waals surface area (Å²) in [6.45, 7) is 1.56. The Labute approximate surface area is 201 Å². The van der Waals surface area contributed by atoms with E-state index in [-0.39, 0.29) is 24.9 Å². The molecular weight excluding hydrogens is 462 g/mol. The zero-order valence-electron chi connectivity index (χ0n) is 18.9. The molecular formula is C23H26ClN5O5. The first-order valence-electron chi connectivity index (χ1n) is 10.8. The van der Waals surface area contributed by atoms with Crippen molar-refractivity contribution in [3.63, 3.8) is 0 Å². The van der Waals surface area contributed by atoms with Crippen LogP contribution in [0.25, 0.3) is 16.9 Å². The molecule has 10 nitrogen and oxygen atoms in total. The van der Waals surface area contributed by atoms with E-state index >= 15 is 0 Å². The Morgan fingerprint density at radius 3 is 2.76 bits per heavy atom. The topological polar surface area (TPSA) is 117 Å². The number of amides is 2. The van der Waals surface area contributed by atoms with Crippen LogP contribution in [-0.4, -0.2) is 66.4 Å². The van der Waals surface area contributed by atoms with Gasteiger partial charge in [-0.2, -0.15) is 0 Å². The smallest absolute Gasteiger partial charge is 0.404 e. The third-order valence-corrected chi connectivity index (χ3v) is 6.04. The second kappa shape index (κ2) is 10.1. The Balaban J connectivity index is 1.47. The largest absolute Gasteiger partial charge is 0.496 e. The van der Waals surface area contributed by atoms with Gasteiger partial charge in [0.05, 0.1) is 24.9 Å². The molecule has 1 saturated heterocycles. The number of fused-ring (bicyclic) bond motifs is 1. The molecule has 1 fully saturated rings. The van der Waals surface area contributed by atoms with Gasteiger partial charge in [0, 0.05) is 67.9 Å². The fraction of sp³-hybridized carbons (Fsp3) is 0.348. The van der Waals surface area contributed by atoms with Crippen molar-refractivity contribution < 1.29 is 24.2 Å². The lowest BCUT2D eigenvalue weighted by molar-refractivity contribution is -0.121. The Bertz CT molecular complexity index is 1210. The molecule has 2 aromatic heterocycles. The summed E-state index contributed by atoms with van der Waals surface area (Å²) in [7, 11) is 3.14. The Morgan fingerprint density at radius 2 is 2.03 bits per heavy atom. The number of methoxy groups -OCH3 is 2. The number of carbonyl (C=O) groups excluding carboxylic acids is 1. The van der Waals surface area contributed by atoms with Gasteiger partial charge in [0.15, 0.2) is 0 Å². The summed E-state index contributed by atoms with van der Waals surface area (Å²) >= 11 is 6.33. The van der Waals surface area contributed by atoms with Crippen LogP contribution in [0.1, 0.15) is 12.8 Å². The number of halogens is 1. The van der Waals surface area contributed by atoms with Crippen LogP contribution in [0.5, 0.6) is 11.5 Å². The molecule has 1 aliphatic heterocycles. The minimum atomic E-state index is -1.13. The molecule has 180 valence electrons. The maximum Gasteiger partial charge on any atom is 0.404 e. The first-order valence-corrected chi connectivity index (χ1v) is 11.2. The van der Waals surface area contributed by atoms with Crippen molar-refractivity contribution in [3.8, 4) is 22.8 Å². The normalized spacial score (nSPS) is 15.4. The molecule has 1 aliphatic rings. The van der Waals surface area contributed by atoms with E-state index in [2.05, 4.69) is 15.5 Å². The SMILES string of the molecule is COc1cc(OC)c(-c2cn3ccc(N4CCC(NC(=O)CCNC(=O)O)C4)cc3n2)cc1Cl. The maximum absolute atomic E-state index is 12.0. The highest BCUT2D eigenvalue weighted by molar-refractivity contribution is 6.32. The van der Waals surface area contributed by atoms with Gasteiger partial charge in [0.2, 0.25) is 5.91 Å². The van der Waals surface area contributed by atoms with Gasteiger partial charge in [0.1, 0.15) is 17.1 Å². The van der Waals surface area contributed by atoms with Crippen LogP contribution in [0, 0.1) is 0 Å². The zero-order chi connectivity index (χ0) is 24.2. The number of nitrogens with one attached hydrogen (secondary N) is 2. The summed E-state index contributed by atoms with van der Waals surface area (Å²) in [5, 5.41) is 14.2. The molecule has 0 spiro atoms. The fourth-order valence-corrected chi connectivity index (χ4v) is 4.29. The highest BCUT2D eigenvalue weighted by atomic mass is 35.5. The lowest BCUT2D eigenvalue weighted by atomic mass is 10.1. The van der Waals surface area contributed by atoms with Crippen LogP contribution in [0.15, 0.2) is 36.7 Å². The van der Waals surface area contributed by atoms with E-state index in [1.54, 1.807) is 26.4 Å². The summed E-state index contributed by atoms with van der Waals surface area (Å²) < 4.78 is 12.7. The monoisotopic (exact) mass is 487 g/mol. The molecule has 1 unspecified atom stereocenters. The first kappa shape index (κ1) is 23.5. The third-order valence-electron chi connectivity index (χ3n) is 5.74. The van der Waals surface area contributed by atoms with Crippen molar-refractivity contribution in [1.29, 1.82) is 0 Å². The van der Waals surface area contributed by atoms with Gasteiger partial charge < -0.3 is 34.5 Å². The number of hydrogen-bond acceptors (Lipinski definition) is 6. The van der Waals surface area contributed by atoms with E-state index < -0.39 is 6.09 Å². The molecule has 0 radical (unpaired) electrons. The molecule has 3 heterocycles. The van der Waals surface area contributed by atoms with Gasteiger partial charge in [-0.05, 0) is 18.6 Å². The molecule has 3 aromatic rings. The molecule has 0 bridgehead atoms. The van der Waals surface area contributed by atoms with Crippen molar-refractivity contribution >= 4 is 34.9 Å². The molecule has 1 aromatic carbocycles. The quantitative estimate of drug-likeness (QED) is 0.447. The highest BCUT2D eigenvalue weighted by Gasteiger charge is 2.24. The van der Waals surface area contributed by atoms with Crippen molar-refractivity contribution in [3.05, 3.63) is 41.7 Å². The van der Waals surface area contributed by atoms with E-state index in [0.717, 1.165) is 35.6 Å². The van der Waals surface area contributed by atoms with Crippen molar-refractivity contribution in [2.75, 3.05) is 38.8 Å². The molecule has 0 saturated carbocycles. The van der Waals surface area contributed by atoms with Crippen LogP contribution in [0.4, 0.5) is 10.5 Å². The lowest BCUT2D eigenvalue weighted by Crippen LogP contribution is -2.38. The minimum Gasteiger partial charge on any atom is -0.496 e. The summed E-state index contributed by atoms with van der Waals surface area (Å²) in [5.74, 6) is 0.977. The number of nitrogens with zero attached hydrogens (tertiary/aromatic N) is 3. The summed E-state index contributed by atoms with van der Waals surface area (Å²) in [6, 6.07) is 7.54. The number of imidazole rings is 1. The van der Waals surface area contributed by atoms with Crippen molar-refractivity contribution in [2.45, 2.75) is 18.9 Å². The Morgan fingerprint density at radius 1 is 1.24 bits per heavy atom. The van der Waals surface area contributed by atoms with E-state index in [0.29, 0.717) is 23.1 Å². The maximum atomic E-state index is 12.0. The number of anilines is 1. The first-order chi connectivity index (χ1) is 16.4. The summed E-state index contributed by atoms with van der Waals surface area (Å²) in [6.07, 6.45) is 3.65. The standard InChI is InChI=1S/C23H26ClN5O5/c1-33-19-11-20(34-2)17(24)10-16(19)18-13-29-8-5-15(9-21(29)27-18)28-7-4-14(12-28)26-22(30)3-6-25-23(31)32/h5,8-11,13-14,25H,3-4,6-7,12H2,1-2H3,(H,26,30)(H,31,32). The highest BCUT2D eigenvalue weighted by Crippen LogP contribution is 2.38. The van der Waals surface area contributed by atoms with Crippen molar-refractivity contribution in [1.82, 2.24) is 20.0 Å². The predicted octanol–water partition coefficient (Wildman–Crippen LogP) is 3.02. The molecule has 4 rings (SSSR count). The number of rotatable bonds is 8. The third kappa shape index (κ3) is 5.12. The van der Waals surface area contributed by atoms with Gasteiger partial charge in [-0.25, -0.2) is 9.78 Å². The van der Waals surface area contributed by atoms with Crippen LogP contribution >= 0.6 is 11.6 Å². The number of benzene rings is 1. The molecule has 3 N–H and O–H groups in total. The van der Waals surface area contributed by atoms with E-state index in [1.807, 2.05) is 28.9 Å². The summed E-state index contributed by atoms with van der Waals surface area (Å²) in [4.78, 5) is 29.5. The van der Waals surface area contributed by atoms with E-state index in [1.165, 1.54) is 0 Å². The Hall–Kier alpha value is -3.66. The van der Waals surface area contributed by atoms with Crippen molar-refractivity contribution in [2.24, 2.45) is 0 Å². The number of hydrogen-bond donors (Lipinski definition) is 3. The van der Waals surface area contributed by atoms with Crippen LogP contribution in [0.2, 0.25) is 5.02 Å². The molecule has 34 heavy (non-hydrogen) atoms. The van der Waals surface area contributed by atoms with E-state index in [4.69, 9.17) is 31.2 Å². The van der Waals surface area contributed by atoms with Gasteiger partial charge >= 0.3 is 6.09 Å². The van der Waals surface area contributed by atoms with Crippen LogP contribution < -0.4 is 25.0 Å². The molecule has 11 heteroatoms. The average Bonchev–Trinajstić information content (AvgIpc) is 3.45. The van der Waals surface area contributed by atoms with Gasteiger partial charge in [-0.1, -0.05) is 11.6 Å². The van der Waals surface area contributed by atoms with Crippen LogP contribution in [-0.2, 0) is 4.79 Å². The molecule has 0 aliphatic carbocycles. The minimum absolute atomic E-state index is 0.00885. The average molecular weight is 488 g/mol.